The number of methoxy groups -OCH3 is 1. The Kier molecular flexibility index (Phi) is 6.43. The summed E-state index contributed by atoms with van der Waals surface area (Å²) in [7, 11) is 1.27. The highest BCUT2D eigenvalue weighted by Crippen LogP contribution is 2.12. The molecule has 1 aromatic carbocycles. The van der Waals surface area contributed by atoms with Crippen LogP contribution >= 0.6 is 0 Å². The fourth-order valence-electron chi connectivity index (χ4n) is 1.36. The topological polar surface area (TPSA) is 64.6 Å². The van der Waals surface area contributed by atoms with E-state index >= 15 is 0 Å². The van der Waals surface area contributed by atoms with Crippen molar-refractivity contribution in [2.75, 3.05) is 20.3 Å². The van der Waals surface area contributed by atoms with Gasteiger partial charge in [0.2, 0.25) is 0 Å². The van der Waals surface area contributed by atoms with E-state index in [1.165, 1.54) is 7.11 Å². The molecule has 0 aliphatic carbocycles. The Balaban J connectivity index is 2.46. The monoisotopic (exact) mass is 265 g/mol. The number of hydrogen-bond acceptors (Lipinski definition) is 4. The summed E-state index contributed by atoms with van der Waals surface area (Å²) in [6, 6.07) is 6.80. The van der Waals surface area contributed by atoms with Gasteiger partial charge < -0.3 is 14.8 Å². The lowest BCUT2D eigenvalue weighted by molar-refractivity contribution is -0.139. The third-order valence-electron chi connectivity index (χ3n) is 2.50. The molecule has 1 aromatic rings. The van der Waals surface area contributed by atoms with Crippen molar-refractivity contribution in [1.29, 1.82) is 0 Å². The van der Waals surface area contributed by atoms with Crippen molar-refractivity contribution in [2.24, 2.45) is 0 Å². The molecular formula is C14H19NO4. The molecule has 19 heavy (non-hydrogen) atoms. The Morgan fingerprint density at radius 1 is 1.21 bits per heavy atom. The van der Waals surface area contributed by atoms with Crippen LogP contribution in [0.4, 0.5) is 0 Å². The van der Waals surface area contributed by atoms with Gasteiger partial charge in [0, 0.05) is 5.56 Å². The van der Waals surface area contributed by atoms with Crippen LogP contribution < -0.4 is 10.1 Å². The largest absolute Gasteiger partial charge is 0.494 e. The lowest BCUT2D eigenvalue weighted by atomic mass is 10.2. The lowest BCUT2D eigenvalue weighted by Crippen LogP contribution is -2.30. The summed E-state index contributed by atoms with van der Waals surface area (Å²) in [5, 5.41) is 2.47. The molecule has 0 fully saturated rings. The van der Waals surface area contributed by atoms with Gasteiger partial charge in [0.1, 0.15) is 12.3 Å². The third-order valence-corrected chi connectivity index (χ3v) is 2.50. The van der Waals surface area contributed by atoms with Crippen LogP contribution in [0.2, 0.25) is 0 Å². The molecule has 0 unspecified atom stereocenters. The van der Waals surface area contributed by atoms with Gasteiger partial charge in [0.25, 0.3) is 5.91 Å². The fourth-order valence-corrected chi connectivity index (χ4v) is 1.36. The first-order chi connectivity index (χ1) is 9.17. The van der Waals surface area contributed by atoms with Gasteiger partial charge in [-0.25, -0.2) is 0 Å². The number of benzene rings is 1. The number of ether oxygens (including phenoxy) is 2. The van der Waals surface area contributed by atoms with Crippen molar-refractivity contribution in [3.05, 3.63) is 29.8 Å². The summed E-state index contributed by atoms with van der Waals surface area (Å²) in [5.41, 5.74) is 0.478. The lowest BCUT2D eigenvalue weighted by Gasteiger charge is -2.07. The first-order valence-electron chi connectivity index (χ1n) is 6.25. The summed E-state index contributed by atoms with van der Waals surface area (Å²) in [6.45, 7) is 2.63. The average Bonchev–Trinajstić information content (AvgIpc) is 2.45. The number of carbonyl (C=O) groups is 2. The first-order valence-corrected chi connectivity index (χ1v) is 6.25. The highest BCUT2D eigenvalue weighted by Gasteiger charge is 2.07. The minimum absolute atomic E-state index is 0.135. The van der Waals surface area contributed by atoms with Gasteiger partial charge in [-0.1, -0.05) is 13.3 Å². The van der Waals surface area contributed by atoms with Crippen molar-refractivity contribution >= 4 is 11.9 Å². The van der Waals surface area contributed by atoms with Crippen LogP contribution in [0.3, 0.4) is 0 Å². The van der Waals surface area contributed by atoms with Crippen molar-refractivity contribution in [3.63, 3.8) is 0 Å². The smallest absolute Gasteiger partial charge is 0.325 e. The molecule has 1 amide bonds. The Labute approximate surface area is 112 Å². The molecule has 0 saturated carbocycles. The summed E-state index contributed by atoms with van der Waals surface area (Å²) < 4.78 is 9.93. The first kappa shape index (κ1) is 15.0. The molecule has 5 heteroatoms. The van der Waals surface area contributed by atoms with E-state index < -0.39 is 5.97 Å². The molecule has 0 spiro atoms. The normalized spacial score (nSPS) is 9.79. The Hall–Kier alpha value is -2.04. The zero-order chi connectivity index (χ0) is 14.1. The van der Waals surface area contributed by atoms with Crippen molar-refractivity contribution in [3.8, 4) is 5.75 Å². The molecule has 1 N–H and O–H groups in total. The SMILES string of the molecule is CCCCOc1ccc(C(=O)NCC(=O)OC)cc1. The minimum Gasteiger partial charge on any atom is -0.494 e. The Morgan fingerprint density at radius 2 is 1.89 bits per heavy atom. The van der Waals surface area contributed by atoms with Crippen LogP contribution in [-0.2, 0) is 9.53 Å². The predicted octanol–water partition coefficient (Wildman–Crippen LogP) is 1.77. The van der Waals surface area contributed by atoms with E-state index in [9.17, 15) is 9.59 Å². The van der Waals surface area contributed by atoms with Crippen molar-refractivity contribution < 1.29 is 19.1 Å². The molecule has 5 nitrogen and oxygen atoms in total. The molecule has 0 bridgehead atoms. The van der Waals surface area contributed by atoms with Crippen molar-refractivity contribution in [2.45, 2.75) is 19.8 Å². The number of hydrogen-bond donors (Lipinski definition) is 1. The van der Waals surface area contributed by atoms with Crippen LogP contribution in [-0.4, -0.2) is 32.1 Å². The Morgan fingerprint density at radius 3 is 2.47 bits per heavy atom. The number of amides is 1. The van der Waals surface area contributed by atoms with E-state index in [0.29, 0.717) is 12.2 Å². The van der Waals surface area contributed by atoms with Crippen LogP contribution in [0.15, 0.2) is 24.3 Å². The number of rotatable bonds is 7. The van der Waals surface area contributed by atoms with Gasteiger partial charge in [-0.15, -0.1) is 0 Å². The second-order valence-electron chi connectivity index (χ2n) is 3.99. The molecule has 0 atom stereocenters. The number of esters is 1. The van der Waals surface area contributed by atoms with E-state index in [-0.39, 0.29) is 12.5 Å². The third kappa shape index (κ3) is 5.42. The quantitative estimate of drug-likeness (QED) is 0.603. The molecular weight excluding hydrogens is 246 g/mol. The number of unbranched alkanes of at least 4 members (excludes halogenated alkanes) is 1. The van der Waals surface area contributed by atoms with E-state index in [0.717, 1.165) is 18.6 Å². The van der Waals surface area contributed by atoms with Gasteiger partial charge in [-0.3, -0.25) is 9.59 Å². The molecule has 0 saturated heterocycles. The zero-order valence-corrected chi connectivity index (χ0v) is 11.3. The maximum Gasteiger partial charge on any atom is 0.325 e. The average molecular weight is 265 g/mol. The second kappa shape index (κ2) is 8.13. The van der Waals surface area contributed by atoms with Gasteiger partial charge in [-0.05, 0) is 30.7 Å². The van der Waals surface area contributed by atoms with E-state index in [2.05, 4.69) is 17.0 Å². The van der Waals surface area contributed by atoms with Crippen LogP contribution in [0.25, 0.3) is 0 Å². The summed E-state index contributed by atoms with van der Waals surface area (Å²) >= 11 is 0. The summed E-state index contributed by atoms with van der Waals surface area (Å²) in [5.74, 6) is -0.0589. The second-order valence-corrected chi connectivity index (χ2v) is 3.99. The standard InChI is InChI=1S/C14H19NO4/c1-3-4-9-19-12-7-5-11(6-8-12)14(17)15-10-13(16)18-2/h5-8H,3-4,9-10H2,1-2H3,(H,15,17). The maximum atomic E-state index is 11.7. The minimum atomic E-state index is -0.479. The van der Waals surface area contributed by atoms with E-state index in [1.54, 1.807) is 24.3 Å². The predicted molar refractivity (Wildman–Crippen MR) is 71.2 cm³/mol. The Bertz CT molecular complexity index is 414. The molecule has 0 aliphatic rings. The summed E-state index contributed by atoms with van der Waals surface area (Å²) in [6.07, 6.45) is 2.08. The highest BCUT2D eigenvalue weighted by molar-refractivity contribution is 5.95. The van der Waals surface area contributed by atoms with Crippen molar-refractivity contribution in [1.82, 2.24) is 5.32 Å². The van der Waals surface area contributed by atoms with Crippen LogP contribution in [0.5, 0.6) is 5.75 Å². The molecule has 0 radical (unpaired) electrons. The fraction of sp³-hybridized carbons (Fsp3) is 0.429. The van der Waals surface area contributed by atoms with Gasteiger partial charge in [0.15, 0.2) is 0 Å². The zero-order valence-electron chi connectivity index (χ0n) is 11.3. The van der Waals surface area contributed by atoms with Gasteiger partial charge >= 0.3 is 5.97 Å². The molecule has 0 aliphatic heterocycles. The number of nitrogens with one attached hydrogen (secondary N) is 1. The van der Waals surface area contributed by atoms with Crippen LogP contribution in [0.1, 0.15) is 30.1 Å². The van der Waals surface area contributed by atoms with Gasteiger partial charge in [-0.2, -0.15) is 0 Å². The van der Waals surface area contributed by atoms with Crippen LogP contribution in [0, 0.1) is 0 Å². The van der Waals surface area contributed by atoms with E-state index in [1.807, 2.05) is 0 Å². The number of carbonyl (C=O) groups excluding carboxylic acids is 2. The molecule has 104 valence electrons. The molecule has 0 heterocycles. The highest BCUT2D eigenvalue weighted by atomic mass is 16.5. The van der Waals surface area contributed by atoms with E-state index in [4.69, 9.17) is 4.74 Å². The van der Waals surface area contributed by atoms with Gasteiger partial charge in [0.05, 0.1) is 13.7 Å². The summed E-state index contributed by atoms with van der Waals surface area (Å²) in [4.78, 5) is 22.6. The molecule has 0 aromatic heterocycles. The maximum absolute atomic E-state index is 11.7. The molecule has 1 rings (SSSR count).